The Morgan fingerprint density at radius 2 is 2.00 bits per heavy atom. The average molecular weight is 471 g/mol. The Hall–Kier alpha value is -2.61. The van der Waals surface area contributed by atoms with Crippen LogP contribution >= 0.6 is 0 Å². The first kappa shape index (κ1) is 25.6. The van der Waals surface area contributed by atoms with E-state index in [0.717, 1.165) is 17.8 Å². The van der Waals surface area contributed by atoms with Gasteiger partial charge in [0.15, 0.2) is 6.29 Å². The van der Waals surface area contributed by atoms with Crippen molar-refractivity contribution in [3.8, 4) is 11.5 Å². The summed E-state index contributed by atoms with van der Waals surface area (Å²) in [5.41, 5.74) is 2.12. The van der Waals surface area contributed by atoms with E-state index in [9.17, 15) is 15.0 Å². The summed E-state index contributed by atoms with van der Waals surface area (Å²) in [7, 11) is -4.67. The molecule has 1 saturated heterocycles. The normalized spacial score (nSPS) is 16.7. The van der Waals surface area contributed by atoms with Crippen LogP contribution in [0.25, 0.3) is 0 Å². The van der Waals surface area contributed by atoms with Gasteiger partial charge in [-0.2, -0.15) is 8.42 Å². The van der Waals surface area contributed by atoms with Gasteiger partial charge in [0.2, 0.25) is 0 Å². The van der Waals surface area contributed by atoms with Gasteiger partial charge in [0.25, 0.3) is 0 Å². The van der Waals surface area contributed by atoms with Gasteiger partial charge in [-0.3, -0.25) is 23.8 Å². The van der Waals surface area contributed by atoms with E-state index in [1.165, 1.54) is 6.07 Å². The number of aliphatic hydroxyl groups excluding tert-OH is 1. The van der Waals surface area contributed by atoms with Crippen LogP contribution in [0.15, 0.2) is 36.5 Å². The van der Waals surface area contributed by atoms with E-state index in [4.69, 9.17) is 27.0 Å². The molecule has 0 saturated carbocycles. The smallest absolute Gasteiger partial charge is 0.394 e. The Morgan fingerprint density at radius 1 is 1.25 bits per heavy atom. The van der Waals surface area contributed by atoms with E-state index in [0.29, 0.717) is 44.8 Å². The molecule has 1 atom stereocenters. The summed E-state index contributed by atoms with van der Waals surface area (Å²) >= 11 is 0. The number of phenols is 1. The van der Waals surface area contributed by atoms with Crippen LogP contribution in [0, 0.1) is 0 Å². The van der Waals surface area contributed by atoms with Crippen LogP contribution in [0.1, 0.15) is 21.6 Å². The predicted molar refractivity (Wildman–Crippen MR) is 113 cm³/mol. The lowest BCUT2D eigenvalue weighted by Crippen LogP contribution is -2.48. The number of carbonyl (C=O) groups excluding carboxylic acids is 1. The first-order valence-corrected chi connectivity index (χ1v) is 11.1. The van der Waals surface area contributed by atoms with Crippen molar-refractivity contribution in [3.63, 3.8) is 0 Å². The molecule has 0 aliphatic carbocycles. The van der Waals surface area contributed by atoms with Gasteiger partial charge < -0.3 is 19.7 Å². The van der Waals surface area contributed by atoms with Crippen molar-refractivity contribution >= 4 is 16.7 Å². The molecular formula is C20H26N2O9S. The van der Waals surface area contributed by atoms with E-state index in [1.54, 1.807) is 18.3 Å². The zero-order valence-corrected chi connectivity index (χ0v) is 18.0. The highest BCUT2D eigenvalue weighted by molar-refractivity contribution is 7.79. The van der Waals surface area contributed by atoms with E-state index in [1.807, 2.05) is 12.1 Å². The Morgan fingerprint density at radius 3 is 2.69 bits per heavy atom. The third-order valence-corrected chi connectivity index (χ3v) is 4.65. The SMILES string of the molecule is O=Cc1c(O)cccc1OC[C@@H]1COCCN1Cc1cccnc1CCO.O=S(=O)(O)O. The van der Waals surface area contributed by atoms with Gasteiger partial charge >= 0.3 is 10.4 Å². The third-order valence-electron chi connectivity index (χ3n) is 4.65. The molecule has 1 aromatic carbocycles. The largest absolute Gasteiger partial charge is 0.507 e. The van der Waals surface area contributed by atoms with E-state index in [2.05, 4.69) is 9.88 Å². The Balaban J connectivity index is 0.000000654. The molecule has 3 rings (SSSR count). The van der Waals surface area contributed by atoms with Crippen molar-refractivity contribution in [1.29, 1.82) is 0 Å². The molecule has 32 heavy (non-hydrogen) atoms. The molecular weight excluding hydrogens is 444 g/mol. The molecule has 11 nitrogen and oxygen atoms in total. The number of aliphatic hydroxyl groups is 1. The first-order chi connectivity index (χ1) is 15.2. The van der Waals surface area contributed by atoms with Crippen LogP contribution < -0.4 is 4.74 Å². The number of pyridine rings is 1. The molecule has 176 valence electrons. The highest BCUT2D eigenvalue weighted by atomic mass is 32.3. The number of morpholine rings is 1. The van der Waals surface area contributed by atoms with Crippen LogP contribution in [0.2, 0.25) is 0 Å². The van der Waals surface area contributed by atoms with Crippen LogP contribution in [0.3, 0.4) is 0 Å². The Labute approximate surface area is 185 Å². The molecule has 2 heterocycles. The second-order valence-corrected chi connectivity index (χ2v) is 7.74. The van der Waals surface area contributed by atoms with E-state index in [-0.39, 0.29) is 24.0 Å². The molecule has 2 aromatic rings. The number of hydrogen-bond donors (Lipinski definition) is 4. The lowest BCUT2D eigenvalue weighted by molar-refractivity contribution is -0.0276. The number of aromatic hydroxyl groups is 1. The molecule has 1 fully saturated rings. The fourth-order valence-electron chi connectivity index (χ4n) is 3.18. The van der Waals surface area contributed by atoms with Crippen molar-refractivity contribution in [2.24, 2.45) is 0 Å². The van der Waals surface area contributed by atoms with Gasteiger partial charge in [0, 0.05) is 38.0 Å². The summed E-state index contributed by atoms with van der Waals surface area (Å²) in [5.74, 6) is 0.265. The number of aldehydes is 1. The Kier molecular flexibility index (Phi) is 9.97. The molecule has 4 N–H and O–H groups in total. The van der Waals surface area contributed by atoms with Gasteiger partial charge in [0.05, 0.1) is 24.8 Å². The van der Waals surface area contributed by atoms with Crippen molar-refractivity contribution in [2.45, 2.75) is 19.0 Å². The monoisotopic (exact) mass is 470 g/mol. The fourth-order valence-corrected chi connectivity index (χ4v) is 3.18. The molecule has 1 aliphatic rings. The number of nitrogens with zero attached hydrogens (tertiary/aromatic N) is 2. The maximum absolute atomic E-state index is 11.2. The maximum atomic E-state index is 11.2. The van der Waals surface area contributed by atoms with Crippen molar-refractivity contribution < 1.29 is 42.0 Å². The minimum atomic E-state index is -4.67. The second-order valence-electron chi connectivity index (χ2n) is 6.85. The number of phenolic OH excluding ortho intramolecular Hbond substituents is 1. The number of carbonyl (C=O) groups is 1. The maximum Gasteiger partial charge on any atom is 0.394 e. The molecule has 0 bridgehead atoms. The van der Waals surface area contributed by atoms with Gasteiger partial charge in [-0.05, 0) is 23.8 Å². The van der Waals surface area contributed by atoms with Crippen LogP contribution in [-0.2, 0) is 28.1 Å². The molecule has 1 aromatic heterocycles. The summed E-state index contributed by atoms with van der Waals surface area (Å²) < 4.78 is 43.0. The average Bonchev–Trinajstić information content (AvgIpc) is 2.73. The van der Waals surface area contributed by atoms with E-state index >= 15 is 0 Å². The summed E-state index contributed by atoms with van der Waals surface area (Å²) in [6, 6.07) is 8.68. The lowest BCUT2D eigenvalue weighted by atomic mass is 10.1. The summed E-state index contributed by atoms with van der Waals surface area (Å²) in [6.07, 6.45) is 2.85. The van der Waals surface area contributed by atoms with Gasteiger partial charge in [-0.1, -0.05) is 12.1 Å². The summed E-state index contributed by atoms with van der Waals surface area (Å²) in [6.45, 7) is 2.98. The van der Waals surface area contributed by atoms with Crippen LogP contribution in [-0.4, -0.2) is 82.9 Å². The quantitative estimate of drug-likeness (QED) is 0.318. The fraction of sp³-hybridized carbons (Fsp3) is 0.400. The topological polar surface area (TPSA) is 167 Å². The van der Waals surface area contributed by atoms with E-state index < -0.39 is 10.4 Å². The highest BCUT2D eigenvalue weighted by Crippen LogP contribution is 2.26. The first-order valence-electron chi connectivity index (χ1n) is 9.68. The molecule has 0 radical (unpaired) electrons. The predicted octanol–water partition coefficient (Wildman–Crippen LogP) is 0.762. The number of hydrogen-bond acceptors (Lipinski definition) is 9. The summed E-state index contributed by atoms with van der Waals surface area (Å²) in [5, 5.41) is 19.0. The Bertz CT molecular complexity index is 977. The lowest BCUT2D eigenvalue weighted by Gasteiger charge is -2.35. The van der Waals surface area contributed by atoms with Crippen molar-refractivity contribution in [3.05, 3.63) is 53.3 Å². The van der Waals surface area contributed by atoms with Gasteiger partial charge in [0.1, 0.15) is 18.1 Å². The third kappa shape index (κ3) is 8.49. The minimum absolute atomic E-state index is 0.00258. The number of aromatic nitrogens is 1. The zero-order chi connectivity index (χ0) is 23.6. The van der Waals surface area contributed by atoms with Gasteiger partial charge in [-0.15, -0.1) is 0 Å². The molecule has 0 unspecified atom stereocenters. The van der Waals surface area contributed by atoms with Crippen LogP contribution in [0.4, 0.5) is 0 Å². The molecule has 0 amide bonds. The second kappa shape index (κ2) is 12.4. The zero-order valence-electron chi connectivity index (χ0n) is 17.2. The standard InChI is InChI=1S/C20H24N2O5.H2O4S/c23-9-6-18-15(3-2-7-21-18)11-22-8-10-26-13-16(22)14-27-20-5-1-4-19(25)17(20)12-24;1-5(2,3)4/h1-5,7,12,16,23,25H,6,8-11,13-14H2;(H2,1,2,3,4)/t16-;/m0./s1. The number of benzene rings is 1. The number of ether oxygens (including phenoxy) is 2. The number of rotatable bonds is 8. The highest BCUT2D eigenvalue weighted by Gasteiger charge is 2.25. The van der Waals surface area contributed by atoms with Crippen molar-refractivity contribution in [1.82, 2.24) is 9.88 Å². The minimum Gasteiger partial charge on any atom is -0.507 e. The molecule has 12 heteroatoms. The van der Waals surface area contributed by atoms with Crippen molar-refractivity contribution in [2.75, 3.05) is 33.0 Å². The molecule has 0 spiro atoms. The summed E-state index contributed by atoms with van der Waals surface area (Å²) in [4.78, 5) is 17.8. The van der Waals surface area contributed by atoms with Crippen LogP contribution in [0.5, 0.6) is 11.5 Å². The van der Waals surface area contributed by atoms with Gasteiger partial charge in [-0.25, -0.2) is 0 Å². The molecule has 1 aliphatic heterocycles.